The zero-order valence-electron chi connectivity index (χ0n) is 19.3. The van der Waals surface area contributed by atoms with Crippen LogP contribution in [0.15, 0.2) is 36.4 Å². The minimum Gasteiger partial charge on any atom is -0.616 e. The van der Waals surface area contributed by atoms with E-state index in [1.165, 1.54) is 22.3 Å². The van der Waals surface area contributed by atoms with Crippen LogP contribution in [-0.2, 0) is 11.2 Å². The summed E-state index contributed by atoms with van der Waals surface area (Å²) >= 11 is -1.02. The Morgan fingerprint density at radius 1 is 1.19 bits per heavy atom. The molecule has 1 fully saturated rings. The van der Waals surface area contributed by atoms with Crippen LogP contribution in [0, 0.1) is 24.2 Å². The van der Waals surface area contributed by atoms with Crippen molar-refractivity contribution in [1.29, 1.82) is 5.41 Å². The molecule has 4 atom stereocenters. The minimum atomic E-state index is -1.02. The van der Waals surface area contributed by atoms with Crippen molar-refractivity contribution in [3.8, 4) is 23.0 Å². The van der Waals surface area contributed by atoms with Crippen molar-refractivity contribution in [2.24, 2.45) is 0 Å². The van der Waals surface area contributed by atoms with Crippen molar-refractivity contribution in [2.45, 2.75) is 71.1 Å². The first-order valence-corrected chi connectivity index (χ1v) is 12.7. The van der Waals surface area contributed by atoms with E-state index in [0.717, 1.165) is 30.4 Å². The zero-order valence-corrected chi connectivity index (χ0v) is 20.2. The predicted molar refractivity (Wildman–Crippen MR) is 133 cm³/mol. The maximum atomic E-state index is 12.8. The van der Waals surface area contributed by atoms with E-state index in [9.17, 15) is 4.55 Å². The number of hydrogen-bond donors (Lipinski definition) is 2. The van der Waals surface area contributed by atoms with Gasteiger partial charge in [-0.05, 0) is 83.4 Å². The van der Waals surface area contributed by atoms with E-state index < -0.39 is 11.2 Å². The molecule has 31 heavy (non-hydrogen) atoms. The van der Waals surface area contributed by atoms with Gasteiger partial charge in [-0.2, -0.15) is 0 Å². The van der Waals surface area contributed by atoms with Gasteiger partial charge in [0, 0.05) is 12.0 Å². The van der Waals surface area contributed by atoms with Gasteiger partial charge in [-0.1, -0.05) is 51.3 Å². The van der Waals surface area contributed by atoms with E-state index in [1.807, 2.05) is 6.92 Å². The lowest BCUT2D eigenvalue weighted by Crippen LogP contribution is -2.50. The molecule has 1 heterocycles. The monoisotopic (exact) mass is 434 g/mol. The van der Waals surface area contributed by atoms with Crippen LogP contribution in [-0.4, -0.2) is 21.4 Å². The molecule has 0 bridgehead atoms. The first-order valence-electron chi connectivity index (χ1n) is 11.3. The van der Waals surface area contributed by atoms with Crippen LogP contribution in [0.25, 0.3) is 11.1 Å². The number of hydrogen-bond acceptors (Lipinski definition) is 2. The van der Waals surface area contributed by atoms with Crippen LogP contribution in [0.5, 0.6) is 0 Å². The number of benzene rings is 2. The minimum absolute atomic E-state index is 0.0912. The van der Waals surface area contributed by atoms with Crippen molar-refractivity contribution < 1.29 is 4.55 Å². The third-order valence-electron chi connectivity index (χ3n) is 6.27. The topological polar surface area (TPSA) is 58.9 Å². The van der Waals surface area contributed by atoms with Gasteiger partial charge in [0.05, 0.1) is 6.04 Å². The molecular weight excluding hydrogens is 400 g/mol. The Hall–Kier alpha value is -2.22. The summed E-state index contributed by atoms with van der Waals surface area (Å²) < 4.78 is 12.8. The van der Waals surface area contributed by atoms with Crippen LogP contribution in [0.4, 0.5) is 0 Å². The molecule has 3 nitrogen and oxygen atoms in total. The number of rotatable bonds is 6. The summed E-state index contributed by atoms with van der Waals surface area (Å²) in [7, 11) is 0. The predicted octanol–water partition coefficient (Wildman–Crippen LogP) is 6.09. The highest BCUT2D eigenvalue weighted by Crippen LogP contribution is 2.36. The lowest BCUT2D eigenvalue weighted by atomic mass is 9.86. The van der Waals surface area contributed by atoms with Crippen molar-refractivity contribution in [2.75, 3.05) is 5.75 Å². The zero-order chi connectivity index (χ0) is 22.5. The van der Waals surface area contributed by atoms with Gasteiger partial charge in [-0.3, -0.25) is 5.41 Å². The fraction of sp³-hybridized carbons (Fsp3) is 0.444. The Labute approximate surface area is 190 Å². The lowest BCUT2D eigenvalue weighted by molar-refractivity contribution is 0.555. The van der Waals surface area contributed by atoms with Crippen LogP contribution in [0.2, 0.25) is 0 Å². The maximum Gasteiger partial charge on any atom is 0.171 e. The van der Waals surface area contributed by atoms with Crippen molar-refractivity contribution >= 4 is 17.0 Å². The molecule has 3 rings (SSSR count). The average Bonchev–Trinajstić information content (AvgIpc) is 2.76. The third-order valence-corrected chi connectivity index (χ3v) is 8.04. The Morgan fingerprint density at radius 2 is 1.97 bits per heavy atom. The molecule has 164 valence electrons. The normalized spacial score (nSPS) is 21.7. The second-order valence-electron chi connectivity index (χ2n) is 8.50. The number of aryl methyl sites for hydroxylation is 1. The molecule has 0 amide bonds. The van der Waals surface area contributed by atoms with Gasteiger partial charge in [0.1, 0.15) is 11.6 Å². The van der Waals surface area contributed by atoms with E-state index in [-0.39, 0.29) is 11.3 Å². The van der Waals surface area contributed by atoms with E-state index in [0.29, 0.717) is 17.5 Å². The molecule has 0 aromatic heterocycles. The second-order valence-corrected chi connectivity index (χ2v) is 10.2. The first-order chi connectivity index (χ1) is 14.9. The average molecular weight is 435 g/mol. The van der Waals surface area contributed by atoms with Crippen molar-refractivity contribution in [3.05, 3.63) is 58.7 Å². The number of amidine groups is 1. The summed E-state index contributed by atoms with van der Waals surface area (Å²) in [5.41, 5.74) is 7.09. The Morgan fingerprint density at radius 3 is 2.61 bits per heavy atom. The fourth-order valence-corrected chi connectivity index (χ4v) is 5.93. The van der Waals surface area contributed by atoms with Crippen LogP contribution >= 0.6 is 0 Å². The maximum absolute atomic E-state index is 12.8. The van der Waals surface area contributed by atoms with E-state index >= 15 is 0 Å². The standard InChI is InChI=1S/C27H34N2OS/c1-6-9-20-12-14-22(18(4)8-3)24(15-20)23-16-21(13-11-19(23)5)25-17-31(30)26(10-7-2)27(28)29-25/h11-16,18,25-26H,7-8,10,17H2,1-5H3,(H2,28,29). The van der Waals surface area contributed by atoms with E-state index in [4.69, 9.17) is 5.41 Å². The summed E-state index contributed by atoms with van der Waals surface area (Å²) in [6, 6.07) is 12.9. The SMILES string of the molecule is CC#Cc1ccc(C(C)CC)c(-c2cc(C3C[S+]([O-])C(CCC)C(=N)N3)ccc2C)c1. The number of nitrogens with one attached hydrogen (secondary N) is 2. The van der Waals surface area contributed by atoms with Gasteiger partial charge in [-0.15, -0.1) is 5.92 Å². The fourth-order valence-electron chi connectivity index (χ4n) is 4.26. The summed E-state index contributed by atoms with van der Waals surface area (Å²) in [5.74, 6) is 7.62. The molecule has 2 aromatic rings. The quantitative estimate of drug-likeness (QED) is 0.427. The van der Waals surface area contributed by atoms with Gasteiger partial charge in [0.25, 0.3) is 0 Å². The summed E-state index contributed by atoms with van der Waals surface area (Å²) in [4.78, 5) is 0. The molecule has 4 heteroatoms. The lowest BCUT2D eigenvalue weighted by Gasteiger charge is -2.33. The Bertz CT molecular complexity index is 1000. The van der Waals surface area contributed by atoms with Crippen LogP contribution in [0.1, 0.15) is 81.2 Å². The summed E-state index contributed by atoms with van der Waals surface area (Å²) in [5, 5.41) is 11.6. The molecule has 0 spiro atoms. The van der Waals surface area contributed by atoms with Gasteiger partial charge in [0.15, 0.2) is 5.25 Å². The first kappa shape index (κ1) is 23.4. The Kier molecular flexibility index (Phi) is 7.86. The third kappa shape index (κ3) is 5.17. The van der Waals surface area contributed by atoms with E-state index in [1.54, 1.807) is 0 Å². The molecule has 4 unspecified atom stereocenters. The molecule has 0 radical (unpaired) electrons. The highest BCUT2D eigenvalue weighted by Gasteiger charge is 2.36. The summed E-state index contributed by atoms with van der Waals surface area (Å²) in [6.45, 7) is 10.6. The Balaban J connectivity index is 2.03. The second kappa shape index (κ2) is 10.4. The smallest absolute Gasteiger partial charge is 0.171 e. The molecule has 0 saturated carbocycles. The summed E-state index contributed by atoms with van der Waals surface area (Å²) in [6.07, 6.45) is 2.81. The molecular formula is C27H34N2OS. The molecule has 1 aliphatic heterocycles. The van der Waals surface area contributed by atoms with Gasteiger partial charge < -0.3 is 9.87 Å². The largest absolute Gasteiger partial charge is 0.616 e. The van der Waals surface area contributed by atoms with Gasteiger partial charge >= 0.3 is 0 Å². The van der Waals surface area contributed by atoms with Gasteiger partial charge in [0.2, 0.25) is 0 Å². The van der Waals surface area contributed by atoms with E-state index in [2.05, 4.69) is 81.3 Å². The van der Waals surface area contributed by atoms with Crippen molar-refractivity contribution in [3.63, 3.8) is 0 Å². The van der Waals surface area contributed by atoms with Gasteiger partial charge in [-0.25, -0.2) is 0 Å². The molecule has 1 saturated heterocycles. The highest BCUT2D eigenvalue weighted by atomic mass is 32.2. The molecule has 2 aromatic carbocycles. The van der Waals surface area contributed by atoms with Crippen LogP contribution < -0.4 is 5.32 Å². The van der Waals surface area contributed by atoms with Crippen molar-refractivity contribution in [1.82, 2.24) is 5.32 Å². The molecule has 1 aliphatic rings. The molecule has 2 N–H and O–H groups in total. The van der Waals surface area contributed by atoms with Crippen LogP contribution in [0.3, 0.4) is 0 Å². The highest BCUT2D eigenvalue weighted by molar-refractivity contribution is 7.92. The molecule has 0 aliphatic carbocycles.